The van der Waals surface area contributed by atoms with Crippen molar-refractivity contribution in [1.29, 1.82) is 0 Å². The molecule has 0 saturated carbocycles. The van der Waals surface area contributed by atoms with Gasteiger partial charge in [0.25, 0.3) is 0 Å². The third kappa shape index (κ3) is 3.35. The van der Waals surface area contributed by atoms with Gasteiger partial charge >= 0.3 is 5.97 Å². The summed E-state index contributed by atoms with van der Waals surface area (Å²) in [6, 6.07) is 3.72. The van der Waals surface area contributed by atoms with Crippen molar-refractivity contribution in [2.45, 2.75) is 12.5 Å². The third-order valence-corrected chi connectivity index (χ3v) is 2.09. The molecule has 0 spiro atoms. The number of anilines is 1. The molecule has 1 aromatic carbocycles. The number of hydroxylamine groups is 1. The number of phenols is 1. The fourth-order valence-electron chi connectivity index (χ4n) is 1.25. The fourth-order valence-corrected chi connectivity index (χ4v) is 1.25. The number of nitrogens with two attached hydrogens (primary N) is 1. The highest BCUT2D eigenvalue weighted by atomic mass is 16.5. The van der Waals surface area contributed by atoms with Crippen molar-refractivity contribution >= 4 is 17.6 Å². The van der Waals surface area contributed by atoms with E-state index in [9.17, 15) is 14.8 Å². The summed E-state index contributed by atoms with van der Waals surface area (Å²) in [6.45, 7) is 0. The molecule has 0 aliphatic rings. The van der Waals surface area contributed by atoms with Crippen LogP contribution in [0.2, 0.25) is 0 Å². The molecule has 7 heteroatoms. The van der Waals surface area contributed by atoms with Crippen molar-refractivity contribution in [2.75, 3.05) is 5.06 Å². The van der Waals surface area contributed by atoms with E-state index in [0.717, 1.165) is 0 Å². The van der Waals surface area contributed by atoms with E-state index in [1.807, 2.05) is 0 Å². The normalized spacial score (nSPS) is 11.8. The molecule has 1 aromatic rings. The number of aliphatic carboxylic acids is 1. The lowest BCUT2D eigenvalue weighted by molar-refractivity contribution is -0.142. The zero-order valence-electron chi connectivity index (χ0n) is 8.78. The van der Waals surface area contributed by atoms with Crippen molar-refractivity contribution in [3.8, 4) is 5.75 Å². The van der Waals surface area contributed by atoms with Gasteiger partial charge in [-0.25, -0.2) is 9.86 Å². The predicted molar refractivity (Wildman–Crippen MR) is 57.6 cm³/mol. The number of carboxylic acids is 1. The van der Waals surface area contributed by atoms with Crippen LogP contribution in [0.3, 0.4) is 0 Å². The number of carboxylic acid groups (broad SMARTS) is 1. The van der Waals surface area contributed by atoms with Crippen molar-refractivity contribution < 1.29 is 25.0 Å². The number of hydrogen-bond acceptors (Lipinski definition) is 5. The molecule has 92 valence electrons. The van der Waals surface area contributed by atoms with Crippen molar-refractivity contribution in [1.82, 2.24) is 0 Å². The second kappa shape index (κ2) is 5.17. The van der Waals surface area contributed by atoms with Gasteiger partial charge < -0.3 is 15.9 Å². The first-order valence-corrected chi connectivity index (χ1v) is 4.70. The molecule has 0 aliphatic carbocycles. The van der Waals surface area contributed by atoms with Crippen LogP contribution in [0.15, 0.2) is 24.3 Å². The molecule has 1 atom stereocenters. The highest BCUT2D eigenvalue weighted by Gasteiger charge is 2.26. The Morgan fingerprint density at radius 2 is 1.82 bits per heavy atom. The lowest BCUT2D eigenvalue weighted by Gasteiger charge is -2.23. The number of primary amides is 1. The van der Waals surface area contributed by atoms with Gasteiger partial charge in [-0.05, 0) is 24.3 Å². The second-order valence-electron chi connectivity index (χ2n) is 3.39. The predicted octanol–water partition coefficient (Wildman–Crippen LogP) is -0.0836. The number of carbonyl (C=O) groups is 2. The molecule has 0 bridgehead atoms. The minimum Gasteiger partial charge on any atom is -0.508 e. The van der Waals surface area contributed by atoms with Crippen molar-refractivity contribution in [2.24, 2.45) is 5.73 Å². The molecule has 0 saturated heterocycles. The van der Waals surface area contributed by atoms with E-state index < -0.39 is 24.3 Å². The van der Waals surface area contributed by atoms with Crippen LogP contribution in [0.25, 0.3) is 0 Å². The summed E-state index contributed by atoms with van der Waals surface area (Å²) in [5, 5.41) is 28.0. The number of nitrogens with zero attached hydrogens (tertiary/aromatic N) is 1. The molecule has 0 unspecified atom stereocenters. The average molecular weight is 240 g/mol. The Hall–Kier alpha value is -2.28. The number of carbonyl (C=O) groups excluding carboxylic acids is 1. The zero-order valence-corrected chi connectivity index (χ0v) is 8.78. The standard InChI is InChI=1S/C10H12N2O5/c11-9(14)5-8(10(15)16)12(17)6-1-3-7(13)4-2-6/h1-4,8,13,17H,5H2,(H2,11,14)(H,15,16)/t8-/m0/s1. The van der Waals surface area contributed by atoms with E-state index in [1.54, 1.807) is 0 Å². The number of rotatable bonds is 5. The Morgan fingerprint density at radius 1 is 1.29 bits per heavy atom. The number of benzene rings is 1. The zero-order chi connectivity index (χ0) is 13.0. The molecule has 0 fully saturated rings. The van der Waals surface area contributed by atoms with Crippen LogP contribution < -0.4 is 10.8 Å². The SMILES string of the molecule is NC(=O)C[C@@H](C(=O)O)N(O)c1ccc(O)cc1. The number of hydrogen-bond donors (Lipinski definition) is 4. The van der Waals surface area contributed by atoms with Crippen LogP contribution in [0.4, 0.5) is 5.69 Å². The minimum absolute atomic E-state index is 0.0241. The summed E-state index contributed by atoms with van der Waals surface area (Å²) in [5.74, 6) is -2.24. The smallest absolute Gasteiger partial charge is 0.329 e. The van der Waals surface area contributed by atoms with Crippen LogP contribution in [0, 0.1) is 0 Å². The molecular weight excluding hydrogens is 228 g/mol. The third-order valence-electron chi connectivity index (χ3n) is 2.09. The molecule has 0 radical (unpaired) electrons. The van der Waals surface area contributed by atoms with E-state index in [0.29, 0.717) is 5.06 Å². The Labute approximate surface area is 96.7 Å². The van der Waals surface area contributed by atoms with Gasteiger partial charge in [0.2, 0.25) is 5.91 Å². The first kappa shape index (κ1) is 12.8. The van der Waals surface area contributed by atoms with Gasteiger partial charge in [-0.15, -0.1) is 0 Å². The molecule has 0 heterocycles. The Morgan fingerprint density at radius 3 is 2.24 bits per heavy atom. The first-order chi connectivity index (χ1) is 7.91. The number of amides is 1. The van der Waals surface area contributed by atoms with Gasteiger partial charge in [0.15, 0.2) is 6.04 Å². The van der Waals surface area contributed by atoms with Crippen LogP contribution >= 0.6 is 0 Å². The van der Waals surface area contributed by atoms with E-state index in [2.05, 4.69) is 0 Å². The van der Waals surface area contributed by atoms with Crippen LogP contribution in [-0.4, -0.2) is 33.3 Å². The molecule has 5 N–H and O–H groups in total. The number of aromatic hydroxyl groups is 1. The lowest BCUT2D eigenvalue weighted by Crippen LogP contribution is -2.41. The summed E-state index contributed by atoms with van der Waals surface area (Å²) in [7, 11) is 0. The van der Waals surface area contributed by atoms with Gasteiger partial charge in [-0.2, -0.15) is 0 Å². The molecule has 17 heavy (non-hydrogen) atoms. The van der Waals surface area contributed by atoms with Crippen molar-refractivity contribution in [3.05, 3.63) is 24.3 Å². The highest BCUT2D eigenvalue weighted by Crippen LogP contribution is 2.19. The van der Waals surface area contributed by atoms with E-state index in [1.165, 1.54) is 24.3 Å². The molecular formula is C10H12N2O5. The van der Waals surface area contributed by atoms with Gasteiger partial charge in [-0.3, -0.25) is 10.0 Å². The summed E-state index contributed by atoms with van der Waals surface area (Å²) < 4.78 is 0. The monoisotopic (exact) mass is 240 g/mol. The Balaban J connectivity index is 2.91. The fraction of sp³-hybridized carbons (Fsp3) is 0.200. The molecule has 1 rings (SSSR count). The average Bonchev–Trinajstić information content (AvgIpc) is 2.25. The number of phenolic OH excluding ortho intramolecular Hbond substituents is 1. The summed E-state index contributed by atoms with van der Waals surface area (Å²) in [5.41, 5.74) is 5.03. The molecule has 0 aromatic heterocycles. The molecule has 1 amide bonds. The topological polar surface area (TPSA) is 124 Å². The first-order valence-electron chi connectivity index (χ1n) is 4.70. The largest absolute Gasteiger partial charge is 0.508 e. The van der Waals surface area contributed by atoms with Gasteiger partial charge in [-0.1, -0.05) is 0 Å². The van der Waals surface area contributed by atoms with E-state index >= 15 is 0 Å². The lowest BCUT2D eigenvalue weighted by atomic mass is 10.1. The Bertz CT molecular complexity index is 417. The highest BCUT2D eigenvalue weighted by molar-refractivity contribution is 5.85. The van der Waals surface area contributed by atoms with Crippen LogP contribution in [0.1, 0.15) is 6.42 Å². The van der Waals surface area contributed by atoms with E-state index in [-0.39, 0.29) is 11.4 Å². The van der Waals surface area contributed by atoms with Gasteiger partial charge in [0, 0.05) is 0 Å². The maximum absolute atomic E-state index is 10.9. The minimum atomic E-state index is -1.46. The summed E-state index contributed by atoms with van der Waals surface area (Å²) in [4.78, 5) is 21.5. The Kier molecular flexibility index (Phi) is 3.89. The van der Waals surface area contributed by atoms with Gasteiger partial charge in [0.05, 0.1) is 12.1 Å². The summed E-state index contributed by atoms with van der Waals surface area (Å²) in [6.07, 6.45) is -0.521. The maximum atomic E-state index is 10.9. The molecule has 0 aliphatic heterocycles. The van der Waals surface area contributed by atoms with Crippen molar-refractivity contribution in [3.63, 3.8) is 0 Å². The quantitative estimate of drug-likeness (QED) is 0.533. The molecule has 7 nitrogen and oxygen atoms in total. The second-order valence-corrected chi connectivity index (χ2v) is 3.39. The van der Waals surface area contributed by atoms with Gasteiger partial charge in [0.1, 0.15) is 5.75 Å². The van der Waals surface area contributed by atoms with Crippen LogP contribution in [0.5, 0.6) is 5.75 Å². The van der Waals surface area contributed by atoms with E-state index in [4.69, 9.17) is 15.9 Å². The summed E-state index contributed by atoms with van der Waals surface area (Å²) >= 11 is 0. The maximum Gasteiger partial charge on any atom is 0.329 e. The van der Waals surface area contributed by atoms with Crippen LogP contribution in [-0.2, 0) is 9.59 Å².